The lowest BCUT2D eigenvalue weighted by Crippen LogP contribution is -2.29. The fraction of sp³-hybridized carbons (Fsp3) is 0.625. The number of hydrogen-bond donors (Lipinski definition) is 2. The molecule has 1 aliphatic heterocycles. The van der Waals surface area contributed by atoms with Gasteiger partial charge in [-0.2, -0.15) is 0 Å². The number of nitrogens with two attached hydrogens (primary N) is 1. The molecule has 0 aromatic heterocycles. The molecule has 1 aliphatic rings. The minimum atomic E-state index is 0.154. The van der Waals surface area contributed by atoms with Crippen LogP contribution in [-0.2, 0) is 4.74 Å². The topological polar surface area (TPSA) is 56.5 Å². The first-order valence-corrected chi connectivity index (χ1v) is 7.64. The molecule has 1 saturated heterocycles. The van der Waals surface area contributed by atoms with Gasteiger partial charge in [-0.25, -0.2) is 0 Å². The smallest absolute Gasteiger partial charge is 0.119 e. The molecule has 1 aromatic rings. The van der Waals surface area contributed by atoms with Crippen molar-refractivity contribution in [1.82, 2.24) is 5.43 Å². The van der Waals surface area contributed by atoms with Crippen LogP contribution in [0.2, 0.25) is 0 Å². The summed E-state index contributed by atoms with van der Waals surface area (Å²) in [5.41, 5.74) is 4.09. The Morgan fingerprint density at radius 2 is 2.35 bits per heavy atom. The van der Waals surface area contributed by atoms with E-state index in [1.807, 2.05) is 19.1 Å². The molecule has 0 spiro atoms. The number of hydrazine groups is 1. The van der Waals surface area contributed by atoms with Crippen molar-refractivity contribution in [2.24, 2.45) is 5.84 Å². The van der Waals surface area contributed by atoms with Crippen molar-refractivity contribution < 1.29 is 9.47 Å². The van der Waals surface area contributed by atoms with Crippen molar-refractivity contribution in [2.45, 2.75) is 51.2 Å². The Labute approximate surface area is 121 Å². The molecule has 1 fully saturated rings. The number of rotatable bonds is 7. The lowest BCUT2D eigenvalue weighted by Gasteiger charge is -2.25. The Bertz CT molecular complexity index is 392. The second kappa shape index (κ2) is 8.25. The van der Waals surface area contributed by atoms with Crippen LogP contribution >= 0.6 is 0 Å². The molecular formula is C16H26N2O2. The van der Waals surface area contributed by atoms with Gasteiger partial charge in [0.25, 0.3) is 0 Å². The van der Waals surface area contributed by atoms with E-state index in [0.29, 0.717) is 12.7 Å². The molecule has 0 saturated carbocycles. The van der Waals surface area contributed by atoms with E-state index in [-0.39, 0.29) is 6.04 Å². The fourth-order valence-corrected chi connectivity index (χ4v) is 2.72. The minimum absolute atomic E-state index is 0.154. The summed E-state index contributed by atoms with van der Waals surface area (Å²) < 4.78 is 11.3. The third kappa shape index (κ3) is 4.47. The normalized spacial score (nSPS) is 20.6. The SMILES string of the molecule is CCOc1cccc(C(CCC2CCCCO2)NN)c1. The van der Waals surface area contributed by atoms with E-state index in [0.717, 1.165) is 25.2 Å². The highest BCUT2D eigenvalue weighted by Gasteiger charge is 2.17. The first-order chi connectivity index (χ1) is 9.83. The highest BCUT2D eigenvalue weighted by Crippen LogP contribution is 2.25. The Balaban J connectivity index is 1.91. The van der Waals surface area contributed by atoms with Gasteiger partial charge in [0.2, 0.25) is 0 Å². The Hall–Kier alpha value is -1.10. The van der Waals surface area contributed by atoms with Gasteiger partial charge >= 0.3 is 0 Å². The van der Waals surface area contributed by atoms with Gasteiger partial charge in [0, 0.05) is 12.6 Å². The zero-order valence-corrected chi connectivity index (χ0v) is 12.3. The Morgan fingerprint density at radius 3 is 3.05 bits per heavy atom. The molecule has 4 heteroatoms. The summed E-state index contributed by atoms with van der Waals surface area (Å²) >= 11 is 0. The molecule has 0 radical (unpaired) electrons. The highest BCUT2D eigenvalue weighted by atomic mass is 16.5. The number of hydrogen-bond acceptors (Lipinski definition) is 4. The zero-order chi connectivity index (χ0) is 14.2. The van der Waals surface area contributed by atoms with Crippen molar-refractivity contribution >= 4 is 0 Å². The van der Waals surface area contributed by atoms with E-state index >= 15 is 0 Å². The third-order valence-corrected chi connectivity index (χ3v) is 3.82. The van der Waals surface area contributed by atoms with Gasteiger partial charge in [-0.05, 0) is 56.7 Å². The van der Waals surface area contributed by atoms with Gasteiger partial charge in [0.15, 0.2) is 0 Å². The summed E-state index contributed by atoms with van der Waals surface area (Å²) in [6.45, 7) is 3.58. The van der Waals surface area contributed by atoms with Gasteiger partial charge in [-0.1, -0.05) is 12.1 Å². The summed E-state index contributed by atoms with van der Waals surface area (Å²) in [6, 6.07) is 8.30. The molecule has 112 valence electrons. The maximum atomic E-state index is 5.78. The van der Waals surface area contributed by atoms with E-state index in [1.54, 1.807) is 0 Å². The average Bonchev–Trinajstić information content (AvgIpc) is 2.50. The summed E-state index contributed by atoms with van der Waals surface area (Å²) in [5.74, 6) is 6.61. The summed E-state index contributed by atoms with van der Waals surface area (Å²) in [5, 5.41) is 0. The first kappa shape index (κ1) is 15.3. The fourth-order valence-electron chi connectivity index (χ4n) is 2.72. The summed E-state index contributed by atoms with van der Waals surface area (Å²) in [4.78, 5) is 0. The van der Waals surface area contributed by atoms with Gasteiger partial charge in [-0.15, -0.1) is 0 Å². The van der Waals surface area contributed by atoms with Gasteiger partial charge in [0.05, 0.1) is 12.7 Å². The van der Waals surface area contributed by atoms with E-state index in [9.17, 15) is 0 Å². The number of ether oxygens (including phenoxy) is 2. The van der Waals surface area contributed by atoms with Crippen LogP contribution in [0.4, 0.5) is 0 Å². The molecule has 1 heterocycles. The minimum Gasteiger partial charge on any atom is -0.494 e. The van der Waals surface area contributed by atoms with Crippen molar-refractivity contribution in [1.29, 1.82) is 0 Å². The maximum Gasteiger partial charge on any atom is 0.119 e. The van der Waals surface area contributed by atoms with Crippen molar-refractivity contribution in [2.75, 3.05) is 13.2 Å². The second-order valence-corrected chi connectivity index (χ2v) is 5.29. The molecular weight excluding hydrogens is 252 g/mol. The molecule has 20 heavy (non-hydrogen) atoms. The van der Waals surface area contributed by atoms with Crippen molar-refractivity contribution in [3.8, 4) is 5.75 Å². The van der Waals surface area contributed by atoms with Crippen LogP contribution in [-0.4, -0.2) is 19.3 Å². The van der Waals surface area contributed by atoms with Crippen LogP contribution in [0.1, 0.15) is 50.6 Å². The molecule has 2 atom stereocenters. The lowest BCUT2D eigenvalue weighted by atomic mass is 9.97. The molecule has 1 aromatic carbocycles. The molecule has 2 unspecified atom stereocenters. The summed E-state index contributed by atoms with van der Waals surface area (Å²) in [7, 11) is 0. The van der Waals surface area contributed by atoms with Crippen LogP contribution in [0.15, 0.2) is 24.3 Å². The molecule has 2 rings (SSSR count). The van der Waals surface area contributed by atoms with E-state index in [4.69, 9.17) is 15.3 Å². The van der Waals surface area contributed by atoms with E-state index in [2.05, 4.69) is 17.6 Å². The van der Waals surface area contributed by atoms with Crippen LogP contribution in [0.5, 0.6) is 5.75 Å². The average molecular weight is 278 g/mol. The molecule has 0 amide bonds. The molecule has 0 bridgehead atoms. The second-order valence-electron chi connectivity index (χ2n) is 5.29. The first-order valence-electron chi connectivity index (χ1n) is 7.64. The van der Waals surface area contributed by atoms with Crippen LogP contribution in [0, 0.1) is 0 Å². The predicted octanol–water partition coefficient (Wildman–Crippen LogP) is 2.94. The highest BCUT2D eigenvalue weighted by molar-refractivity contribution is 5.30. The van der Waals surface area contributed by atoms with E-state index in [1.165, 1.54) is 24.8 Å². The third-order valence-electron chi connectivity index (χ3n) is 3.82. The quantitative estimate of drug-likeness (QED) is 0.595. The summed E-state index contributed by atoms with van der Waals surface area (Å²) in [6.07, 6.45) is 6.09. The largest absolute Gasteiger partial charge is 0.494 e. The molecule has 4 nitrogen and oxygen atoms in total. The standard InChI is InChI=1S/C16H26N2O2/c1-2-19-15-8-5-6-13(12-15)16(18-17)10-9-14-7-3-4-11-20-14/h5-6,8,12,14,16,18H,2-4,7,9-11,17H2,1H3. The van der Waals surface area contributed by atoms with Crippen molar-refractivity contribution in [3.05, 3.63) is 29.8 Å². The van der Waals surface area contributed by atoms with E-state index < -0.39 is 0 Å². The van der Waals surface area contributed by atoms with Crippen LogP contribution in [0.25, 0.3) is 0 Å². The van der Waals surface area contributed by atoms with Gasteiger partial charge in [-0.3, -0.25) is 11.3 Å². The van der Waals surface area contributed by atoms with Crippen molar-refractivity contribution in [3.63, 3.8) is 0 Å². The van der Waals surface area contributed by atoms with Crippen LogP contribution < -0.4 is 16.0 Å². The maximum absolute atomic E-state index is 5.78. The van der Waals surface area contributed by atoms with Gasteiger partial charge in [0.1, 0.15) is 5.75 Å². The zero-order valence-electron chi connectivity index (χ0n) is 12.3. The molecule has 0 aliphatic carbocycles. The van der Waals surface area contributed by atoms with Gasteiger partial charge < -0.3 is 9.47 Å². The molecule has 3 N–H and O–H groups in total. The number of benzene rings is 1. The predicted molar refractivity (Wildman–Crippen MR) is 80.5 cm³/mol. The Morgan fingerprint density at radius 1 is 1.45 bits per heavy atom. The number of nitrogens with one attached hydrogen (secondary N) is 1. The lowest BCUT2D eigenvalue weighted by molar-refractivity contribution is 0.00854. The van der Waals surface area contributed by atoms with Crippen LogP contribution in [0.3, 0.4) is 0 Å². The Kier molecular flexibility index (Phi) is 6.30. The monoisotopic (exact) mass is 278 g/mol.